The van der Waals surface area contributed by atoms with Gasteiger partial charge in [0.15, 0.2) is 0 Å². The van der Waals surface area contributed by atoms with Crippen LogP contribution in [0.3, 0.4) is 0 Å². The molecule has 4 rings (SSSR count). The molecule has 3 fully saturated rings. The second-order valence-corrected chi connectivity index (χ2v) is 8.23. The van der Waals surface area contributed by atoms with E-state index in [1.807, 2.05) is 11.8 Å². The third-order valence-corrected chi connectivity index (χ3v) is 6.52. The Morgan fingerprint density at radius 2 is 2.17 bits per heavy atom. The number of halogens is 1. The lowest BCUT2D eigenvalue weighted by Crippen LogP contribution is -2.56. The third-order valence-electron chi connectivity index (χ3n) is 6.52. The van der Waals surface area contributed by atoms with Gasteiger partial charge in [0.25, 0.3) is 0 Å². The van der Waals surface area contributed by atoms with Crippen molar-refractivity contribution in [1.29, 1.82) is 5.26 Å². The van der Waals surface area contributed by atoms with Gasteiger partial charge in [0, 0.05) is 31.2 Å². The Balaban J connectivity index is 1.40. The number of nitrogens with zero attached hydrogens (tertiary/aromatic N) is 4. The number of hydrogen-bond acceptors (Lipinski definition) is 5. The van der Waals surface area contributed by atoms with Crippen molar-refractivity contribution in [3.8, 4) is 6.07 Å². The van der Waals surface area contributed by atoms with Gasteiger partial charge in [-0.05, 0) is 32.3 Å². The zero-order valence-corrected chi connectivity index (χ0v) is 16.5. The molecule has 0 spiro atoms. The molecule has 29 heavy (non-hydrogen) atoms. The van der Waals surface area contributed by atoms with Crippen molar-refractivity contribution in [1.82, 2.24) is 14.7 Å². The van der Waals surface area contributed by atoms with Gasteiger partial charge in [-0.2, -0.15) is 5.26 Å². The van der Waals surface area contributed by atoms with E-state index in [9.17, 15) is 19.2 Å². The van der Waals surface area contributed by atoms with Crippen molar-refractivity contribution < 1.29 is 14.0 Å². The predicted molar refractivity (Wildman–Crippen MR) is 104 cm³/mol. The highest BCUT2D eigenvalue weighted by Gasteiger charge is 2.51. The van der Waals surface area contributed by atoms with E-state index in [-0.39, 0.29) is 35.8 Å². The Kier molecular flexibility index (Phi) is 5.28. The molecule has 5 atom stereocenters. The van der Waals surface area contributed by atoms with E-state index in [2.05, 4.69) is 6.07 Å². The van der Waals surface area contributed by atoms with Crippen LogP contribution in [0.1, 0.15) is 37.8 Å². The van der Waals surface area contributed by atoms with E-state index < -0.39 is 12.1 Å². The maximum Gasteiger partial charge on any atom is 0.241 e. The summed E-state index contributed by atoms with van der Waals surface area (Å²) in [6.07, 6.45) is 2.17. The van der Waals surface area contributed by atoms with E-state index >= 15 is 0 Å². The number of carbonyl (C=O) groups is 2. The highest BCUT2D eigenvalue weighted by molar-refractivity contribution is 5.87. The number of nitrogens with two attached hydrogens (primary N) is 1. The van der Waals surface area contributed by atoms with Crippen LogP contribution in [0.25, 0.3) is 0 Å². The zero-order valence-electron chi connectivity index (χ0n) is 16.5. The quantitative estimate of drug-likeness (QED) is 0.798. The summed E-state index contributed by atoms with van der Waals surface area (Å²) in [6, 6.07) is 6.88. The standard InChI is InChI=1S/C21H26FN5O2/c1-13(16-6-2-3-7-17(16)22)27-15-9-19(21(27)29)25(11-15)12-18(24)20(28)26-8-4-5-14(26)10-23/h2-3,6-7,13-15,18-19H,4-5,8-9,11-12,24H2,1H3/t13-,14-,15-,18-,19-/m0/s1. The number of nitriles is 1. The van der Waals surface area contributed by atoms with E-state index in [0.717, 1.165) is 6.42 Å². The van der Waals surface area contributed by atoms with Gasteiger partial charge in [-0.25, -0.2) is 4.39 Å². The van der Waals surface area contributed by atoms with Gasteiger partial charge in [0.2, 0.25) is 11.8 Å². The molecule has 3 aliphatic rings. The van der Waals surface area contributed by atoms with Crippen molar-refractivity contribution in [3.63, 3.8) is 0 Å². The van der Waals surface area contributed by atoms with Gasteiger partial charge < -0.3 is 15.5 Å². The molecule has 3 saturated heterocycles. The molecule has 2 amide bonds. The second kappa shape index (κ2) is 7.73. The minimum atomic E-state index is -0.756. The summed E-state index contributed by atoms with van der Waals surface area (Å²) in [4.78, 5) is 31.0. The molecule has 1 aromatic rings. The van der Waals surface area contributed by atoms with E-state index in [1.165, 1.54) is 6.07 Å². The van der Waals surface area contributed by atoms with Gasteiger partial charge in [-0.1, -0.05) is 18.2 Å². The number of hydrogen-bond donors (Lipinski definition) is 1. The van der Waals surface area contributed by atoms with Crippen LogP contribution in [-0.2, 0) is 9.59 Å². The van der Waals surface area contributed by atoms with Crippen LogP contribution in [0.4, 0.5) is 4.39 Å². The molecule has 8 heteroatoms. The molecule has 2 N–H and O–H groups in total. The molecule has 154 valence electrons. The fraction of sp³-hybridized carbons (Fsp3) is 0.571. The first kappa shape index (κ1) is 19.8. The van der Waals surface area contributed by atoms with Gasteiger partial charge in [-0.3, -0.25) is 14.5 Å². The van der Waals surface area contributed by atoms with Crippen molar-refractivity contribution in [2.45, 2.75) is 56.4 Å². The van der Waals surface area contributed by atoms with Crippen LogP contribution in [0.15, 0.2) is 24.3 Å². The average molecular weight is 399 g/mol. The summed E-state index contributed by atoms with van der Waals surface area (Å²) in [7, 11) is 0. The van der Waals surface area contributed by atoms with E-state index in [1.54, 1.807) is 28.0 Å². The van der Waals surface area contributed by atoms with Crippen molar-refractivity contribution in [2.24, 2.45) is 5.73 Å². The van der Waals surface area contributed by atoms with Crippen LogP contribution in [-0.4, -0.2) is 70.3 Å². The van der Waals surface area contributed by atoms with Crippen LogP contribution < -0.4 is 5.73 Å². The summed E-state index contributed by atoms with van der Waals surface area (Å²) in [5.74, 6) is -0.564. The van der Waals surface area contributed by atoms with E-state index in [4.69, 9.17) is 5.73 Å². The van der Waals surface area contributed by atoms with Crippen LogP contribution in [0, 0.1) is 17.1 Å². The SMILES string of the molecule is C[C@@H](c1ccccc1F)N1C(=O)[C@@H]2C[C@H]1CN2C[C@H](N)C(=O)N1CCC[C@H]1C#N. The van der Waals surface area contributed by atoms with E-state index in [0.29, 0.717) is 38.0 Å². The largest absolute Gasteiger partial charge is 0.330 e. The highest BCUT2D eigenvalue weighted by Crippen LogP contribution is 2.38. The summed E-state index contributed by atoms with van der Waals surface area (Å²) < 4.78 is 14.2. The maximum atomic E-state index is 14.2. The molecular weight excluding hydrogens is 373 g/mol. The normalized spacial score (nSPS) is 28.6. The van der Waals surface area contributed by atoms with Crippen molar-refractivity contribution in [3.05, 3.63) is 35.6 Å². The van der Waals surface area contributed by atoms with Crippen molar-refractivity contribution in [2.75, 3.05) is 19.6 Å². The number of benzene rings is 1. The average Bonchev–Trinajstić information content (AvgIpc) is 3.41. The molecule has 0 unspecified atom stereocenters. The molecule has 1 aromatic carbocycles. The fourth-order valence-electron chi connectivity index (χ4n) is 5.07. The van der Waals surface area contributed by atoms with Crippen LogP contribution >= 0.6 is 0 Å². The third kappa shape index (κ3) is 3.38. The number of carbonyl (C=O) groups excluding carboxylic acids is 2. The fourth-order valence-corrected chi connectivity index (χ4v) is 5.07. The molecular formula is C21H26FN5O2. The van der Waals surface area contributed by atoms with Crippen molar-refractivity contribution >= 4 is 11.8 Å². The predicted octanol–water partition coefficient (Wildman–Crippen LogP) is 1.01. The molecule has 0 radical (unpaired) electrons. The molecule has 0 aromatic heterocycles. The molecule has 3 heterocycles. The smallest absolute Gasteiger partial charge is 0.241 e. The molecule has 2 bridgehead atoms. The minimum Gasteiger partial charge on any atom is -0.330 e. The number of fused-ring (bicyclic) bond motifs is 2. The number of rotatable bonds is 5. The highest BCUT2D eigenvalue weighted by atomic mass is 19.1. The first-order chi connectivity index (χ1) is 13.9. The van der Waals surface area contributed by atoms with Gasteiger partial charge >= 0.3 is 0 Å². The summed E-state index contributed by atoms with van der Waals surface area (Å²) >= 11 is 0. The topological polar surface area (TPSA) is 93.7 Å². The lowest BCUT2D eigenvalue weighted by molar-refractivity contribution is -0.141. The van der Waals surface area contributed by atoms with Crippen LogP contribution in [0.5, 0.6) is 0 Å². The Morgan fingerprint density at radius 3 is 2.86 bits per heavy atom. The number of amides is 2. The number of piperazine rings is 1. The summed E-state index contributed by atoms with van der Waals surface area (Å²) in [6.45, 7) is 3.33. The minimum absolute atomic E-state index is 0.0111. The first-order valence-corrected chi connectivity index (χ1v) is 10.2. The van der Waals surface area contributed by atoms with Gasteiger partial charge in [-0.15, -0.1) is 0 Å². The second-order valence-electron chi connectivity index (χ2n) is 8.23. The summed E-state index contributed by atoms with van der Waals surface area (Å²) in [5.41, 5.74) is 6.68. The first-order valence-electron chi connectivity index (χ1n) is 10.2. The molecule has 0 aliphatic carbocycles. The maximum absolute atomic E-state index is 14.2. The number of likely N-dealkylation sites (tertiary alicyclic amines) is 3. The summed E-state index contributed by atoms with van der Waals surface area (Å²) in [5, 5.41) is 9.19. The van der Waals surface area contributed by atoms with Gasteiger partial charge in [0.05, 0.1) is 24.2 Å². The molecule has 0 saturated carbocycles. The molecule has 3 aliphatic heterocycles. The lowest BCUT2D eigenvalue weighted by atomic mass is 10.0. The Bertz CT molecular complexity index is 856. The molecule has 7 nitrogen and oxygen atoms in total. The Labute approximate surface area is 169 Å². The lowest BCUT2D eigenvalue weighted by Gasteiger charge is -2.38. The Hall–Kier alpha value is -2.50. The van der Waals surface area contributed by atoms with Gasteiger partial charge in [0.1, 0.15) is 11.9 Å². The Morgan fingerprint density at radius 1 is 1.41 bits per heavy atom. The van der Waals surface area contributed by atoms with Crippen LogP contribution in [0.2, 0.25) is 0 Å². The zero-order chi connectivity index (χ0) is 20.7. The monoisotopic (exact) mass is 399 g/mol.